The van der Waals surface area contributed by atoms with Crippen molar-refractivity contribution in [1.82, 2.24) is 15.3 Å². The Morgan fingerprint density at radius 2 is 2.14 bits per heavy atom. The summed E-state index contributed by atoms with van der Waals surface area (Å²) in [5.41, 5.74) is 4.33. The van der Waals surface area contributed by atoms with Gasteiger partial charge in [0, 0.05) is 38.3 Å². The molecule has 0 amide bonds. The zero-order valence-electron chi connectivity index (χ0n) is 12.5. The third kappa shape index (κ3) is 3.79. The summed E-state index contributed by atoms with van der Waals surface area (Å²) < 4.78 is 0. The van der Waals surface area contributed by atoms with Crippen LogP contribution < -0.4 is 5.32 Å². The van der Waals surface area contributed by atoms with Gasteiger partial charge in [0.1, 0.15) is 5.69 Å². The number of nitrogens with one attached hydrogen (secondary N) is 1. The predicted octanol–water partition coefficient (Wildman–Crippen LogP) is 2.18. The van der Waals surface area contributed by atoms with Gasteiger partial charge in [-0.1, -0.05) is 24.1 Å². The fourth-order valence-electron chi connectivity index (χ4n) is 2.42. The molecule has 1 atom stereocenters. The van der Waals surface area contributed by atoms with E-state index < -0.39 is 0 Å². The Hall–Kier alpha value is -2.48. The third-order valence-corrected chi connectivity index (χ3v) is 3.51. The molecule has 0 saturated heterocycles. The molecule has 1 aliphatic heterocycles. The van der Waals surface area contributed by atoms with Gasteiger partial charge in [0.15, 0.2) is 0 Å². The van der Waals surface area contributed by atoms with Crippen molar-refractivity contribution >= 4 is 5.57 Å². The monoisotopic (exact) mass is 293 g/mol. The van der Waals surface area contributed by atoms with Gasteiger partial charge in [-0.3, -0.25) is 4.98 Å². The zero-order chi connectivity index (χ0) is 15.8. The van der Waals surface area contributed by atoms with Crippen LogP contribution in [0.5, 0.6) is 0 Å². The quantitative estimate of drug-likeness (QED) is 0.833. The first-order valence-corrected chi connectivity index (χ1v) is 7.07. The zero-order valence-corrected chi connectivity index (χ0v) is 12.5. The van der Waals surface area contributed by atoms with Crippen LogP contribution in [0.15, 0.2) is 48.9 Å². The maximum absolute atomic E-state index is 7.00. The van der Waals surface area contributed by atoms with Crippen molar-refractivity contribution in [3.63, 3.8) is 0 Å². The number of aliphatic hydroxyl groups excluding tert-OH is 1. The topological polar surface area (TPSA) is 58.0 Å². The molecule has 0 saturated carbocycles. The molecule has 22 heavy (non-hydrogen) atoms. The van der Waals surface area contributed by atoms with Gasteiger partial charge >= 0.3 is 0 Å². The molecule has 3 heterocycles. The SMILES string of the molecule is C#Cc1ccc(C2=CCNC(c3cccnc3)C2)cn1.CO. The average molecular weight is 293 g/mol. The minimum atomic E-state index is 0.302. The number of hydrogen-bond acceptors (Lipinski definition) is 4. The highest BCUT2D eigenvalue weighted by molar-refractivity contribution is 5.67. The Kier molecular flexibility index (Phi) is 5.84. The van der Waals surface area contributed by atoms with Gasteiger partial charge in [-0.25, -0.2) is 4.98 Å². The standard InChI is InChI=1S/C17H15N3.CH4O/c1-2-16-6-5-14(12-20-16)13-7-9-19-17(10-13)15-4-3-8-18-11-15;1-2/h1,3-8,11-12,17,19H,9-10H2;2H,1H3. The van der Waals surface area contributed by atoms with Gasteiger partial charge in [0.2, 0.25) is 0 Å². The van der Waals surface area contributed by atoms with Crippen molar-refractivity contribution in [2.45, 2.75) is 12.5 Å². The summed E-state index contributed by atoms with van der Waals surface area (Å²) in [6.07, 6.45) is 14.0. The molecule has 2 aromatic heterocycles. The average Bonchev–Trinajstić information content (AvgIpc) is 2.64. The molecule has 0 fully saturated rings. The fraction of sp³-hybridized carbons (Fsp3) is 0.222. The van der Waals surface area contributed by atoms with Crippen molar-refractivity contribution in [1.29, 1.82) is 0 Å². The summed E-state index contributed by atoms with van der Waals surface area (Å²) in [5.74, 6) is 2.54. The smallest absolute Gasteiger partial charge is 0.112 e. The van der Waals surface area contributed by atoms with E-state index in [2.05, 4.69) is 33.3 Å². The number of pyridine rings is 2. The molecule has 2 aromatic rings. The van der Waals surface area contributed by atoms with Gasteiger partial charge in [0.25, 0.3) is 0 Å². The summed E-state index contributed by atoms with van der Waals surface area (Å²) in [4.78, 5) is 8.45. The van der Waals surface area contributed by atoms with Crippen molar-refractivity contribution in [3.05, 3.63) is 65.8 Å². The lowest BCUT2D eigenvalue weighted by Gasteiger charge is -2.24. The van der Waals surface area contributed by atoms with E-state index in [9.17, 15) is 0 Å². The number of aromatic nitrogens is 2. The normalized spacial score (nSPS) is 16.8. The molecule has 1 aliphatic rings. The lowest BCUT2D eigenvalue weighted by atomic mass is 9.93. The van der Waals surface area contributed by atoms with E-state index in [0.29, 0.717) is 11.7 Å². The van der Waals surface area contributed by atoms with E-state index in [1.54, 1.807) is 6.20 Å². The number of terminal acetylenes is 1. The Morgan fingerprint density at radius 3 is 2.77 bits per heavy atom. The summed E-state index contributed by atoms with van der Waals surface area (Å²) in [6.45, 7) is 0.853. The van der Waals surface area contributed by atoms with Gasteiger partial charge < -0.3 is 10.4 Å². The molecular weight excluding hydrogens is 274 g/mol. The van der Waals surface area contributed by atoms with Crippen molar-refractivity contribution < 1.29 is 5.11 Å². The van der Waals surface area contributed by atoms with Crippen molar-refractivity contribution in [3.8, 4) is 12.3 Å². The highest BCUT2D eigenvalue weighted by Gasteiger charge is 2.17. The largest absolute Gasteiger partial charge is 0.400 e. The Balaban J connectivity index is 0.000000847. The van der Waals surface area contributed by atoms with Crippen LogP contribution >= 0.6 is 0 Å². The van der Waals surface area contributed by atoms with E-state index in [-0.39, 0.29) is 0 Å². The van der Waals surface area contributed by atoms with Gasteiger partial charge in [-0.2, -0.15) is 0 Å². The first kappa shape index (κ1) is 15.9. The maximum atomic E-state index is 7.00. The van der Waals surface area contributed by atoms with Crippen molar-refractivity contribution in [2.24, 2.45) is 0 Å². The first-order valence-electron chi connectivity index (χ1n) is 7.07. The molecular formula is C18H19N3O. The van der Waals surface area contributed by atoms with E-state index in [0.717, 1.165) is 25.6 Å². The molecule has 4 heteroatoms. The van der Waals surface area contributed by atoms with Crippen LogP contribution in [0, 0.1) is 12.3 Å². The molecule has 0 aromatic carbocycles. The lowest BCUT2D eigenvalue weighted by molar-refractivity contribution is 0.399. The Labute approximate surface area is 131 Å². The number of rotatable bonds is 2. The van der Waals surface area contributed by atoms with Gasteiger partial charge in [-0.15, -0.1) is 6.42 Å². The third-order valence-electron chi connectivity index (χ3n) is 3.51. The highest BCUT2D eigenvalue weighted by atomic mass is 16.2. The Bertz CT molecular complexity index is 657. The molecule has 2 N–H and O–H groups in total. The minimum absolute atomic E-state index is 0.302. The fourth-order valence-corrected chi connectivity index (χ4v) is 2.42. The molecule has 0 bridgehead atoms. The second kappa shape index (κ2) is 8.08. The molecule has 0 aliphatic carbocycles. The first-order chi connectivity index (χ1) is 10.9. The number of nitrogens with zero attached hydrogens (tertiary/aromatic N) is 2. The summed E-state index contributed by atoms with van der Waals surface area (Å²) >= 11 is 0. The number of hydrogen-bond donors (Lipinski definition) is 2. The van der Waals surface area contributed by atoms with Gasteiger partial charge in [-0.05, 0) is 35.3 Å². The van der Waals surface area contributed by atoms with Crippen LogP contribution in [0.4, 0.5) is 0 Å². The maximum Gasteiger partial charge on any atom is 0.112 e. The van der Waals surface area contributed by atoms with E-state index in [4.69, 9.17) is 11.5 Å². The number of aliphatic hydroxyl groups is 1. The van der Waals surface area contributed by atoms with Crippen LogP contribution in [0.25, 0.3) is 5.57 Å². The van der Waals surface area contributed by atoms with Crippen LogP contribution in [0.1, 0.15) is 29.3 Å². The summed E-state index contributed by atoms with van der Waals surface area (Å²) in [7, 11) is 1.00. The van der Waals surface area contributed by atoms with E-state index >= 15 is 0 Å². The summed E-state index contributed by atoms with van der Waals surface area (Å²) in [5, 5.41) is 10.5. The molecule has 4 nitrogen and oxygen atoms in total. The Morgan fingerprint density at radius 1 is 1.27 bits per heavy atom. The molecule has 0 spiro atoms. The van der Waals surface area contributed by atoms with Crippen LogP contribution in [0.3, 0.4) is 0 Å². The molecule has 112 valence electrons. The van der Waals surface area contributed by atoms with Crippen LogP contribution in [0.2, 0.25) is 0 Å². The second-order valence-corrected chi connectivity index (χ2v) is 4.76. The second-order valence-electron chi connectivity index (χ2n) is 4.76. The van der Waals surface area contributed by atoms with Crippen LogP contribution in [-0.4, -0.2) is 28.7 Å². The summed E-state index contributed by atoms with van der Waals surface area (Å²) in [6, 6.07) is 8.30. The minimum Gasteiger partial charge on any atom is -0.400 e. The van der Waals surface area contributed by atoms with Crippen molar-refractivity contribution in [2.75, 3.05) is 13.7 Å². The molecule has 1 unspecified atom stereocenters. The highest BCUT2D eigenvalue weighted by Crippen LogP contribution is 2.29. The predicted molar refractivity (Wildman–Crippen MR) is 87.9 cm³/mol. The lowest BCUT2D eigenvalue weighted by Crippen LogP contribution is -2.25. The van der Waals surface area contributed by atoms with Gasteiger partial charge in [0.05, 0.1) is 0 Å². The van der Waals surface area contributed by atoms with E-state index in [1.165, 1.54) is 11.1 Å². The van der Waals surface area contributed by atoms with Crippen LogP contribution in [-0.2, 0) is 0 Å². The van der Waals surface area contributed by atoms with E-state index in [1.807, 2.05) is 30.6 Å². The molecule has 0 radical (unpaired) electrons. The molecule has 3 rings (SSSR count).